The molecule has 1 N–H and O–H groups in total. The highest BCUT2D eigenvalue weighted by Gasteiger charge is 2.10. The van der Waals surface area contributed by atoms with Crippen LogP contribution >= 0.6 is 0 Å². The SMILES string of the molecule is Cc1cc(F)cc2c1cc(C)n2CCNc1cc(-c2ccc(-c3cncn3C)cc2)ncn1. The maximum atomic E-state index is 14.0. The van der Waals surface area contributed by atoms with Crippen LogP contribution < -0.4 is 5.32 Å². The Hall–Kier alpha value is -4.00. The maximum Gasteiger partial charge on any atom is 0.130 e. The van der Waals surface area contributed by atoms with Gasteiger partial charge < -0.3 is 14.5 Å². The van der Waals surface area contributed by atoms with Gasteiger partial charge in [0.15, 0.2) is 0 Å². The van der Waals surface area contributed by atoms with Gasteiger partial charge in [-0.05, 0) is 43.2 Å². The average Bonchev–Trinajstić information content (AvgIpc) is 3.37. The van der Waals surface area contributed by atoms with Gasteiger partial charge in [0.1, 0.15) is 18.0 Å². The van der Waals surface area contributed by atoms with Gasteiger partial charge in [-0.25, -0.2) is 19.3 Å². The number of hydrogen-bond acceptors (Lipinski definition) is 4. The molecule has 0 spiro atoms. The van der Waals surface area contributed by atoms with Crippen molar-refractivity contribution in [3.63, 3.8) is 0 Å². The molecule has 6 nitrogen and oxygen atoms in total. The number of hydrogen-bond donors (Lipinski definition) is 1. The van der Waals surface area contributed by atoms with Gasteiger partial charge in [0, 0.05) is 42.8 Å². The molecule has 0 atom stereocenters. The minimum absolute atomic E-state index is 0.206. The largest absolute Gasteiger partial charge is 0.368 e. The van der Waals surface area contributed by atoms with Crippen LogP contribution in [0.25, 0.3) is 33.4 Å². The lowest BCUT2D eigenvalue weighted by Crippen LogP contribution is -2.12. The number of imidazole rings is 1. The molecule has 0 saturated heterocycles. The Morgan fingerprint density at radius 2 is 1.76 bits per heavy atom. The van der Waals surface area contributed by atoms with Crippen LogP contribution in [0.5, 0.6) is 0 Å². The van der Waals surface area contributed by atoms with Crippen molar-refractivity contribution in [2.45, 2.75) is 20.4 Å². The smallest absolute Gasteiger partial charge is 0.130 e. The number of benzene rings is 2. The van der Waals surface area contributed by atoms with Gasteiger partial charge in [-0.15, -0.1) is 0 Å². The Morgan fingerprint density at radius 1 is 0.970 bits per heavy atom. The first-order valence-corrected chi connectivity index (χ1v) is 10.9. The molecule has 0 bridgehead atoms. The lowest BCUT2D eigenvalue weighted by Gasteiger charge is -2.11. The molecule has 2 aromatic carbocycles. The highest BCUT2D eigenvalue weighted by atomic mass is 19.1. The summed E-state index contributed by atoms with van der Waals surface area (Å²) in [4.78, 5) is 13.0. The number of nitrogens with zero attached hydrogens (tertiary/aromatic N) is 5. The lowest BCUT2D eigenvalue weighted by molar-refractivity contribution is 0.626. The van der Waals surface area contributed by atoms with Crippen molar-refractivity contribution in [3.05, 3.63) is 84.5 Å². The second-order valence-corrected chi connectivity index (χ2v) is 8.28. The summed E-state index contributed by atoms with van der Waals surface area (Å²) in [7, 11) is 1.98. The van der Waals surface area contributed by atoms with E-state index in [9.17, 15) is 4.39 Å². The second kappa shape index (κ2) is 8.50. The molecule has 0 radical (unpaired) electrons. The third-order valence-electron chi connectivity index (χ3n) is 6.00. The number of aryl methyl sites for hydroxylation is 3. The van der Waals surface area contributed by atoms with Crippen LogP contribution in [0.4, 0.5) is 10.2 Å². The fraction of sp³-hybridized carbons (Fsp3) is 0.192. The summed E-state index contributed by atoms with van der Waals surface area (Å²) in [5.41, 5.74) is 7.02. The lowest BCUT2D eigenvalue weighted by atomic mass is 10.1. The quantitative estimate of drug-likeness (QED) is 0.386. The molecule has 0 aliphatic heterocycles. The highest BCUT2D eigenvalue weighted by Crippen LogP contribution is 2.26. The zero-order valence-corrected chi connectivity index (χ0v) is 18.9. The summed E-state index contributed by atoms with van der Waals surface area (Å²) in [6.45, 7) is 5.36. The van der Waals surface area contributed by atoms with E-state index in [4.69, 9.17) is 0 Å². The zero-order valence-electron chi connectivity index (χ0n) is 18.9. The number of rotatable bonds is 6. The third kappa shape index (κ3) is 4.09. The van der Waals surface area contributed by atoms with Crippen LogP contribution in [0.3, 0.4) is 0 Å². The number of fused-ring (bicyclic) bond motifs is 1. The van der Waals surface area contributed by atoms with Crippen LogP contribution in [0, 0.1) is 19.7 Å². The van der Waals surface area contributed by atoms with Crippen molar-refractivity contribution in [2.75, 3.05) is 11.9 Å². The summed E-state index contributed by atoms with van der Waals surface area (Å²) in [6, 6.07) is 15.5. The van der Waals surface area contributed by atoms with Crippen LogP contribution in [0.15, 0.2) is 67.4 Å². The fourth-order valence-corrected chi connectivity index (χ4v) is 4.28. The molecule has 5 rings (SSSR count). The predicted octanol–water partition coefficient (Wildman–Crippen LogP) is 5.37. The van der Waals surface area contributed by atoms with Crippen LogP contribution in [0.2, 0.25) is 0 Å². The molecule has 3 aromatic heterocycles. The molecule has 0 aliphatic rings. The summed E-state index contributed by atoms with van der Waals surface area (Å²) < 4.78 is 18.1. The predicted molar refractivity (Wildman–Crippen MR) is 130 cm³/mol. The number of anilines is 1. The van der Waals surface area contributed by atoms with Gasteiger partial charge >= 0.3 is 0 Å². The van der Waals surface area contributed by atoms with Crippen LogP contribution in [0.1, 0.15) is 11.3 Å². The topological polar surface area (TPSA) is 60.6 Å². The Morgan fingerprint density at radius 3 is 2.52 bits per heavy atom. The van der Waals surface area contributed by atoms with Gasteiger partial charge in [-0.2, -0.15) is 0 Å². The highest BCUT2D eigenvalue weighted by molar-refractivity contribution is 5.84. The number of halogens is 1. The van der Waals surface area contributed by atoms with Crippen molar-refractivity contribution in [1.29, 1.82) is 0 Å². The first-order valence-electron chi connectivity index (χ1n) is 10.9. The van der Waals surface area contributed by atoms with E-state index in [2.05, 4.69) is 62.1 Å². The molecular weight excluding hydrogens is 415 g/mol. The van der Waals surface area contributed by atoms with E-state index in [0.717, 1.165) is 50.5 Å². The first-order chi connectivity index (χ1) is 16.0. The first kappa shape index (κ1) is 20.9. The maximum absolute atomic E-state index is 14.0. The summed E-state index contributed by atoms with van der Waals surface area (Å²) in [5.74, 6) is 0.550. The molecule has 5 aromatic rings. The van der Waals surface area contributed by atoms with E-state index < -0.39 is 0 Å². The standard InChI is InChI=1S/C26H25FN6/c1-17-10-21(27)12-24-22(17)11-18(2)33(24)9-8-29-26-13-23(30-15-31-26)19-4-6-20(7-5-19)25-14-28-16-32(25)3/h4-7,10-16H,8-9H2,1-3H3,(H,29,30,31). The molecule has 33 heavy (non-hydrogen) atoms. The van der Waals surface area contributed by atoms with Gasteiger partial charge in [0.05, 0.1) is 29.4 Å². The van der Waals surface area contributed by atoms with E-state index in [1.807, 2.05) is 30.8 Å². The monoisotopic (exact) mass is 440 g/mol. The van der Waals surface area contributed by atoms with E-state index in [0.29, 0.717) is 13.1 Å². The van der Waals surface area contributed by atoms with Gasteiger partial charge in [-0.3, -0.25) is 0 Å². The van der Waals surface area contributed by atoms with Gasteiger partial charge in [0.25, 0.3) is 0 Å². The molecular formula is C26H25FN6. The summed E-state index contributed by atoms with van der Waals surface area (Å²) in [5, 5.41) is 4.47. The van der Waals surface area contributed by atoms with E-state index in [1.165, 1.54) is 0 Å². The summed E-state index contributed by atoms with van der Waals surface area (Å²) in [6.07, 6.45) is 5.22. The van der Waals surface area contributed by atoms with Crippen molar-refractivity contribution in [2.24, 2.45) is 7.05 Å². The van der Waals surface area contributed by atoms with Crippen molar-refractivity contribution >= 4 is 16.7 Å². The fourth-order valence-electron chi connectivity index (χ4n) is 4.28. The Balaban J connectivity index is 1.30. The van der Waals surface area contributed by atoms with Crippen molar-refractivity contribution in [3.8, 4) is 22.5 Å². The van der Waals surface area contributed by atoms with E-state index >= 15 is 0 Å². The Bertz CT molecular complexity index is 1430. The molecule has 0 fully saturated rings. The van der Waals surface area contributed by atoms with Crippen LogP contribution in [-0.2, 0) is 13.6 Å². The van der Waals surface area contributed by atoms with E-state index in [-0.39, 0.29) is 5.82 Å². The molecule has 0 aliphatic carbocycles. The minimum Gasteiger partial charge on any atom is -0.368 e. The van der Waals surface area contributed by atoms with Crippen molar-refractivity contribution < 1.29 is 4.39 Å². The molecule has 7 heteroatoms. The second-order valence-electron chi connectivity index (χ2n) is 8.28. The average molecular weight is 441 g/mol. The normalized spacial score (nSPS) is 11.3. The minimum atomic E-state index is -0.206. The molecule has 3 heterocycles. The van der Waals surface area contributed by atoms with E-state index in [1.54, 1.807) is 24.8 Å². The summed E-state index contributed by atoms with van der Waals surface area (Å²) >= 11 is 0. The molecule has 0 unspecified atom stereocenters. The molecule has 0 amide bonds. The van der Waals surface area contributed by atoms with Gasteiger partial charge in [-0.1, -0.05) is 24.3 Å². The van der Waals surface area contributed by atoms with Gasteiger partial charge in [0.2, 0.25) is 0 Å². The van der Waals surface area contributed by atoms with Crippen molar-refractivity contribution in [1.82, 2.24) is 24.1 Å². The van der Waals surface area contributed by atoms with Crippen LogP contribution in [-0.4, -0.2) is 30.6 Å². The third-order valence-corrected chi connectivity index (χ3v) is 6.00. The Labute approximate surface area is 191 Å². The molecule has 166 valence electrons. The molecule has 0 saturated carbocycles. The zero-order chi connectivity index (χ0) is 22.9. The number of aromatic nitrogens is 5. The number of nitrogens with one attached hydrogen (secondary N) is 1. The Kier molecular flexibility index (Phi) is 5.38.